The standard InChI is InChI=1S/C16H32/c1-2-3-13-16-14-11-9-7-5-4-6-8-10-12-15-16/h16H,2-15H2,1H3. The van der Waals surface area contributed by atoms with Gasteiger partial charge in [0.15, 0.2) is 0 Å². The number of hydrogen-bond acceptors (Lipinski definition) is 0. The van der Waals surface area contributed by atoms with Crippen molar-refractivity contribution < 1.29 is 0 Å². The van der Waals surface area contributed by atoms with E-state index < -0.39 is 0 Å². The minimum absolute atomic E-state index is 1.07. The van der Waals surface area contributed by atoms with E-state index in [0.29, 0.717) is 0 Å². The summed E-state index contributed by atoms with van der Waals surface area (Å²) in [4.78, 5) is 0. The smallest absolute Gasteiger partial charge is 0.0414 e. The van der Waals surface area contributed by atoms with E-state index in [9.17, 15) is 0 Å². The van der Waals surface area contributed by atoms with Gasteiger partial charge in [-0.3, -0.25) is 0 Å². The summed E-state index contributed by atoms with van der Waals surface area (Å²) in [6.45, 7) is 2.33. The Morgan fingerprint density at radius 2 is 1.12 bits per heavy atom. The van der Waals surface area contributed by atoms with Gasteiger partial charge in [0, 0.05) is 0 Å². The zero-order valence-corrected chi connectivity index (χ0v) is 11.5. The largest absolute Gasteiger partial charge is 0.0654 e. The van der Waals surface area contributed by atoms with Crippen LogP contribution in [0.3, 0.4) is 0 Å². The van der Waals surface area contributed by atoms with E-state index in [-0.39, 0.29) is 0 Å². The summed E-state index contributed by atoms with van der Waals surface area (Å²) in [6, 6.07) is 0. The van der Waals surface area contributed by atoms with Gasteiger partial charge in [-0.1, -0.05) is 96.8 Å². The molecule has 0 saturated heterocycles. The van der Waals surface area contributed by atoms with Crippen LogP contribution in [-0.2, 0) is 0 Å². The molecule has 96 valence electrons. The number of unbranched alkanes of at least 4 members (excludes halogenated alkanes) is 1. The Bertz CT molecular complexity index is 127. The topological polar surface area (TPSA) is 0 Å². The van der Waals surface area contributed by atoms with E-state index in [0.717, 1.165) is 5.92 Å². The monoisotopic (exact) mass is 224 g/mol. The lowest BCUT2D eigenvalue weighted by molar-refractivity contribution is 0.365. The first-order valence-corrected chi connectivity index (χ1v) is 7.93. The van der Waals surface area contributed by atoms with Crippen molar-refractivity contribution in [3.8, 4) is 0 Å². The van der Waals surface area contributed by atoms with Gasteiger partial charge in [0.25, 0.3) is 0 Å². The van der Waals surface area contributed by atoms with E-state index in [1.54, 1.807) is 0 Å². The predicted molar refractivity (Wildman–Crippen MR) is 73.8 cm³/mol. The van der Waals surface area contributed by atoms with Crippen molar-refractivity contribution in [2.45, 2.75) is 96.8 Å². The fourth-order valence-corrected chi connectivity index (χ4v) is 3.03. The number of hydrogen-bond donors (Lipinski definition) is 0. The van der Waals surface area contributed by atoms with Crippen molar-refractivity contribution in [1.82, 2.24) is 0 Å². The second-order valence-electron chi connectivity index (χ2n) is 5.77. The Morgan fingerprint density at radius 1 is 0.688 bits per heavy atom. The molecule has 0 aromatic heterocycles. The van der Waals surface area contributed by atoms with Gasteiger partial charge in [0.05, 0.1) is 0 Å². The average Bonchev–Trinajstić information content (AvgIpc) is 2.28. The van der Waals surface area contributed by atoms with Crippen LogP contribution in [0.5, 0.6) is 0 Å². The van der Waals surface area contributed by atoms with Gasteiger partial charge in [-0.25, -0.2) is 0 Å². The summed E-state index contributed by atoms with van der Waals surface area (Å²) in [7, 11) is 0. The summed E-state index contributed by atoms with van der Waals surface area (Å²) in [6.07, 6.45) is 20.9. The summed E-state index contributed by atoms with van der Waals surface area (Å²) < 4.78 is 0. The van der Waals surface area contributed by atoms with E-state index in [1.807, 2.05) is 0 Å². The van der Waals surface area contributed by atoms with Gasteiger partial charge >= 0.3 is 0 Å². The lowest BCUT2D eigenvalue weighted by Crippen LogP contribution is -2.01. The average molecular weight is 224 g/mol. The van der Waals surface area contributed by atoms with Crippen LogP contribution in [0.2, 0.25) is 0 Å². The highest BCUT2D eigenvalue weighted by Gasteiger charge is 2.08. The lowest BCUT2D eigenvalue weighted by Gasteiger charge is -2.17. The van der Waals surface area contributed by atoms with Crippen LogP contribution in [-0.4, -0.2) is 0 Å². The zero-order valence-electron chi connectivity index (χ0n) is 11.5. The summed E-state index contributed by atoms with van der Waals surface area (Å²) in [5.74, 6) is 1.07. The van der Waals surface area contributed by atoms with Crippen molar-refractivity contribution in [3.05, 3.63) is 0 Å². The van der Waals surface area contributed by atoms with Crippen LogP contribution < -0.4 is 0 Å². The van der Waals surface area contributed by atoms with Gasteiger partial charge in [-0.15, -0.1) is 0 Å². The van der Waals surface area contributed by atoms with Crippen molar-refractivity contribution in [3.63, 3.8) is 0 Å². The highest BCUT2D eigenvalue weighted by molar-refractivity contribution is 4.62. The molecule has 0 N–H and O–H groups in total. The van der Waals surface area contributed by atoms with Crippen molar-refractivity contribution in [1.29, 1.82) is 0 Å². The third kappa shape index (κ3) is 7.30. The van der Waals surface area contributed by atoms with Crippen LogP contribution in [0.15, 0.2) is 0 Å². The van der Waals surface area contributed by atoms with Gasteiger partial charge < -0.3 is 0 Å². The lowest BCUT2D eigenvalue weighted by atomic mass is 9.89. The molecule has 0 unspecified atom stereocenters. The molecule has 1 fully saturated rings. The molecular formula is C16H32. The van der Waals surface area contributed by atoms with Crippen LogP contribution in [0.4, 0.5) is 0 Å². The van der Waals surface area contributed by atoms with E-state index >= 15 is 0 Å². The molecule has 0 heteroatoms. The molecule has 0 spiro atoms. The molecule has 0 heterocycles. The Labute approximate surface area is 103 Å². The minimum Gasteiger partial charge on any atom is -0.0654 e. The van der Waals surface area contributed by atoms with Crippen LogP contribution in [0, 0.1) is 5.92 Å². The second kappa shape index (κ2) is 10.2. The van der Waals surface area contributed by atoms with Gasteiger partial charge in [-0.2, -0.15) is 0 Å². The summed E-state index contributed by atoms with van der Waals surface area (Å²) >= 11 is 0. The zero-order chi connectivity index (χ0) is 11.5. The molecule has 0 amide bonds. The summed E-state index contributed by atoms with van der Waals surface area (Å²) in [5.41, 5.74) is 0. The minimum atomic E-state index is 1.07. The number of rotatable bonds is 3. The maximum atomic E-state index is 2.33. The molecular weight excluding hydrogens is 192 g/mol. The maximum absolute atomic E-state index is 2.33. The Balaban J connectivity index is 2.19. The third-order valence-electron chi connectivity index (χ3n) is 4.19. The van der Waals surface area contributed by atoms with Crippen molar-refractivity contribution >= 4 is 0 Å². The Hall–Kier alpha value is 0. The fraction of sp³-hybridized carbons (Fsp3) is 1.00. The SMILES string of the molecule is CCCCC1CCCCCCCCCCC1. The third-order valence-corrected chi connectivity index (χ3v) is 4.19. The molecule has 1 saturated carbocycles. The van der Waals surface area contributed by atoms with Crippen molar-refractivity contribution in [2.75, 3.05) is 0 Å². The van der Waals surface area contributed by atoms with Crippen LogP contribution >= 0.6 is 0 Å². The molecule has 16 heavy (non-hydrogen) atoms. The fourth-order valence-electron chi connectivity index (χ4n) is 3.03. The molecule has 1 aliphatic rings. The molecule has 1 aliphatic carbocycles. The van der Waals surface area contributed by atoms with Crippen LogP contribution in [0.1, 0.15) is 96.8 Å². The molecule has 0 nitrogen and oxygen atoms in total. The highest BCUT2D eigenvalue weighted by Crippen LogP contribution is 2.24. The first-order valence-electron chi connectivity index (χ1n) is 7.93. The van der Waals surface area contributed by atoms with E-state index in [1.165, 1.54) is 89.9 Å². The Kier molecular flexibility index (Phi) is 8.94. The predicted octanol–water partition coefficient (Wildman–Crippen LogP) is 6.10. The van der Waals surface area contributed by atoms with Crippen molar-refractivity contribution in [2.24, 2.45) is 5.92 Å². The Morgan fingerprint density at radius 3 is 1.56 bits per heavy atom. The van der Waals surface area contributed by atoms with E-state index in [2.05, 4.69) is 6.92 Å². The molecule has 0 atom stereocenters. The first kappa shape index (κ1) is 14.1. The van der Waals surface area contributed by atoms with E-state index in [4.69, 9.17) is 0 Å². The molecule has 1 rings (SSSR count). The molecule has 0 bridgehead atoms. The molecule has 0 aromatic carbocycles. The quantitative estimate of drug-likeness (QED) is 0.543. The second-order valence-corrected chi connectivity index (χ2v) is 5.77. The first-order chi connectivity index (χ1) is 7.93. The molecule has 0 aliphatic heterocycles. The van der Waals surface area contributed by atoms with Gasteiger partial charge in [-0.05, 0) is 5.92 Å². The van der Waals surface area contributed by atoms with Crippen LogP contribution in [0.25, 0.3) is 0 Å². The molecule has 0 radical (unpaired) electrons. The normalized spacial score (nSPS) is 22.3. The molecule has 0 aromatic rings. The maximum Gasteiger partial charge on any atom is -0.0414 e. The van der Waals surface area contributed by atoms with Gasteiger partial charge in [0.2, 0.25) is 0 Å². The van der Waals surface area contributed by atoms with Gasteiger partial charge in [0.1, 0.15) is 0 Å². The summed E-state index contributed by atoms with van der Waals surface area (Å²) in [5, 5.41) is 0. The highest BCUT2D eigenvalue weighted by atomic mass is 14.1.